The van der Waals surface area contributed by atoms with Crippen LogP contribution in [0, 0.1) is 6.92 Å². The van der Waals surface area contributed by atoms with E-state index in [0.717, 1.165) is 34.9 Å². The lowest BCUT2D eigenvalue weighted by molar-refractivity contribution is 0.298. The van der Waals surface area contributed by atoms with E-state index in [0.29, 0.717) is 6.61 Å². The van der Waals surface area contributed by atoms with Crippen molar-refractivity contribution in [2.24, 2.45) is 0 Å². The van der Waals surface area contributed by atoms with Gasteiger partial charge < -0.3 is 14.0 Å². The largest absolute Gasteiger partial charge is 0.497 e. The molecule has 21 heavy (non-hydrogen) atoms. The van der Waals surface area contributed by atoms with Gasteiger partial charge in [0, 0.05) is 0 Å². The minimum Gasteiger partial charge on any atom is -0.497 e. The van der Waals surface area contributed by atoms with Crippen LogP contribution < -0.4 is 9.47 Å². The van der Waals surface area contributed by atoms with Crippen LogP contribution in [-0.2, 0) is 6.54 Å². The van der Waals surface area contributed by atoms with E-state index in [1.54, 1.807) is 7.11 Å². The van der Waals surface area contributed by atoms with Crippen LogP contribution in [0.1, 0.15) is 5.82 Å². The van der Waals surface area contributed by atoms with Crippen LogP contribution in [0.3, 0.4) is 0 Å². The first-order chi connectivity index (χ1) is 10.3. The van der Waals surface area contributed by atoms with Gasteiger partial charge in [0.1, 0.15) is 23.9 Å². The maximum Gasteiger partial charge on any atom is 0.119 e. The van der Waals surface area contributed by atoms with Crippen molar-refractivity contribution in [1.29, 1.82) is 0 Å². The van der Waals surface area contributed by atoms with Gasteiger partial charge in [0.2, 0.25) is 0 Å². The smallest absolute Gasteiger partial charge is 0.119 e. The van der Waals surface area contributed by atoms with Crippen LogP contribution >= 0.6 is 0 Å². The third-order valence-electron chi connectivity index (χ3n) is 3.49. The van der Waals surface area contributed by atoms with Crippen molar-refractivity contribution in [2.75, 3.05) is 13.7 Å². The molecule has 0 unspecified atom stereocenters. The second kappa shape index (κ2) is 5.87. The Morgan fingerprint density at radius 3 is 2.48 bits per heavy atom. The Balaban J connectivity index is 1.67. The van der Waals surface area contributed by atoms with E-state index in [4.69, 9.17) is 9.47 Å². The zero-order valence-electron chi connectivity index (χ0n) is 12.2. The number of rotatable bonds is 5. The summed E-state index contributed by atoms with van der Waals surface area (Å²) in [6.45, 7) is 3.40. The van der Waals surface area contributed by atoms with Crippen molar-refractivity contribution in [3.05, 3.63) is 54.4 Å². The van der Waals surface area contributed by atoms with Crippen molar-refractivity contribution in [2.45, 2.75) is 13.5 Å². The van der Waals surface area contributed by atoms with Gasteiger partial charge in [-0.3, -0.25) is 0 Å². The number of ether oxygens (including phenoxy) is 2. The topological polar surface area (TPSA) is 36.3 Å². The van der Waals surface area contributed by atoms with E-state index >= 15 is 0 Å². The molecule has 0 aliphatic rings. The maximum absolute atomic E-state index is 5.78. The molecule has 0 radical (unpaired) electrons. The lowest BCUT2D eigenvalue weighted by atomic mass is 10.3. The average molecular weight is 282 g/mol. The Morgan fingerprint density at radius 1 is 1.00 bits per heavy atom. The van der Waals surface area contributed by atoms with Crippen molar-refractivity contribution < 1.29 is 9.47 Å². The molecular formula is C17H18N2O2. The first-order valence-electron chi connectivity index (χ1n) is 6.96. The SMILES string of the molecule is COc1ccc(OCCn2c(C)nc3ccccc32)cc1. The van der Waals surface area contributed by atoms with E-state index < -0.39 is 0 Å². The van der Waals surface area contributed by atoms with Crippen LogP contribution in [0.2, 0.25) is 0 Å². The molecule has 0 fully saturated rings. The summed E-state index contributed by atoms with van der Waals surface area (Å²) >= 11 is 0. The highest BCUT2D eigenvalue weighted by atomic mass is 16.5. The quantitative estimate of drug-likeness (QED) is 0.719. The zero-order chi connectivity index (χ0) is 14.7. The molecule has 0 aliphatic carbocycles. The molecule has 4 heteroatoms. The van der Waals surface area contributed by atoms with Crippen molar-refractivity contribution in [1.82, 2.24) is 9.55 Å². The van der Waals surface area contributed by atoms with E-state index in [1.807, 2.05) is 49.4 Å². The Labute approximate surface area is 123 Å². The summed E-state index contributed by atoms with van der Waals surface area (Å²) in [7, 11) is 1.66. The van der Waals surface area contributed by atoms with Crippen LogP contribution in [0.25, 0.3) is 11.0 Å². The van der Waals surface area contributed by atoms with Gasteiger partial charge >= 0.3 is 0 Å². The molecule has 0 saturated heterocycles. The predicted octanol–water partition coefficient (Wildman–Crippen LogP) is 3.43. The number of para-hydroxylation sites is 2. The molecule has 1 aromatic heterocycles. The van der Waals surface area contributed by atoms with Gasteiger partial charge in [-0.05, 0) is 43.3 Å². The van der Waals surface area contributed by atoms with E-state index in [9.17, 15) is 0 Å². The van der Waals surface area contributed by atoms with Gasteiger partial charge in [0.05, 0.1) is 24.7 Å². The van der Waals surface area contributed by atoms with E-state index in [2.05, 4.69) is 15.6 Å². The lowest BCUT2D eigenvalue weighted by Crippen LogP contribution is -2.09. The number of nitrogens with zero attached hydrogens (tertiary/aromatic N) is 2. The first-order valence-corrected chi connectivity index (χ1v) is 6.96. The van der Waals surface area contributed by atoms with Gasteiger partial charge in [-0.2, -0.15) is 0 Å². The molecule has 0 N–H and O–H groups in total. The zero-order valence-corrected chi connectivity index (χ0v) is 12.2. The van der Waals surface area contributed by atoms with Crippen LogP contribution in [0.4, 0.5) is 0 Å². The van der Waals surface area contributed by atoms with Gasteiger partial charge in [-0.1, -0.05) is 12.1 Å². The van der Waals surface area contributed by atoms with Crippen LogP contribution in [0.5, 0.6) is 11.5 Å². The number of imidazole rings is 1. The summed E-state index contributed by atoms with van der Waals surface area (Å²) in [5.41, 5.74) is 2.17. The number of fused-ring (bicyclic) bond motifs is 1. The third-order valence-corrected chi connectivity index (χ3v) is 3.49. The number of aromatic nitrogens is 2. The fraction of sp³-hybridized carbons (Fsp3) is 0.235. The maximum atomic E-state index is 5.78. The molecule has 0 saturated carbocycles. The van der Waals surface area contributed by atoms with Gasteiger partial charge in [-0.15, -0.1) is 0 Å². The van der Waals surface area contributed by atoms with Gasteiger partial charge in [0.15, 0.2) is 0 Å². The Hall–Kier alpha value is -2.49. The summed E-state index contributed by atoms with van der Waals surface area (Å²) in [6, 6.07) is 15.8. The lowest BCUT2D eigenvalue weighted by Gasteiger charge is -2.09. The van der Waals surface area contributed by atoms with Crippen molar-refractivity contribution in [3.63, 3.8) is 0 Å². The fourth-order valence-corrected chi connectivity index (χ4v) is 2.40. The minimum atomic E-state index is 0.605. The first kappa shape index (κ1) is 13.5. The number of hydrogen-bond acceptors (Lipinski definition) is 3. The Kier molecular flexibility index (Phi) is 3.77. The number of aryl methyl sites for hydroxylation is 1. The second-order valence-electron chi connectivity index (χ2n) is 4.82. The third kappa shape index (κ3) is 2.84. The summed E-state index contributed by atoms with van der Waals surface area (Å²) in [5.74, 6) is 2.69. The number of benzene rings is 2. The molecule has 3 rings (SSSR count). The molecule has 0 bridgehead atoms. The second-order valence-corrected chi connectivity index (χ2v) is 4.82. The molecule has 0 spiro atoms. The van der Waals surface area contributed by atoms with E-state index in [-0.39, 0.29) is 0 Å². The highest BCUT2D eigenvalue weighted by molar-refractivity contribution is 5.75. The Morgan fingerprint density at radius 2 is 1.71 bits per heavy atom. The highest BCUT2D eigenvalue weighted by Gasteiger charge is 2.06. The molecule has 4 nitrogen and oxygen atoms in total. The fourth-order valence-electron chi connectivity index (χ4n) is 2.40. The summed E-state index contributed by atoms with van der Waals surface area (Å²) in [6.07, 6.45) is 0. The van der Waals surface area contributed by atoms with Crippen LogP contribution in [-0.4, -0.2) is 23.3 Å². The molecule has 0 atom stereocenters. The molecule has 0 aliphatic heterocycles. The Bertz CT molecular complexity index is 732. The molecule has 108 valence electrons. The normalized spacial score (nSPS) is 10.8. The summed E-state index contributed by atoms with van der Waals surface area (Å²) in [4.78, 5) is 4.55. The minimum absolute atomic E-state index is 0.605. The van der Waals surface area contributed by atoms with Crippen molar-refractivity contribution >= 4 is 11.0 Å². The van der Waals surface area contributed by atoms with Crippen LogP contribution in [0.15, 0.2) is 48.5 Å². The molecule has 3 aromatic rings. The standard InChI is InChI=1S/C17H18N2O2/c1-13-18-16-5-3-4-6-17(16)19(13)11-12-21-15-9-7-14(20-2)8-10-15/h3-10H,11-12H2,1-2H3. The molecule has 2 aromatic carbocycles. The molecule has 1 heterocycles. The van der Waals surface area contributed by atoms with Gasteiger partial charge in [0.25, 0.3) is 0 Å². The average Bonchev–Trinajstić information content (AvgIpc) is 2.84. The van der Waals surface area contributed by atoms with E-state index in [1.165, 1.54) is 0 Å². The van der Waals surface area contributed by atoms with Crippen molar-refractivity contribution in [3.8, 4) is 11.5 Å². The predicted molar refractivity (Wildman–Crippen MR) is 83.0 cm³/mol. The summed E-state index contributed by atoms with van der Waals surface area (Å²) < 4.78 is 13.1. The number of hydrogen-bond donors (Lipinski definition) is 0. The molecular weight excluding hydrogens is 264 g/mol. The highest BCUT2D eigenvalue weighted by Crippen LogP contribution is 2.18. The molecule has 0 amide bonds. The van der Waals surface area contributed by atoms with Gasteiger partial charge in [-0.25, -0.2) is 4.98 Å². The summed E-state index contributed by atoms with van der Waals surface area (Å²) in [5, 5.41) is 0. The number of methoxy groups -OCH3 is 1. The monoisotopic (exact) mass is 282 g/mol.